The molecule has 1 amide bonds. The molecule has 1 N–H and O–H groups in total. The van der Waals surface area contributed by atoms with Gasteiger partial charge in [0, 0.05) is 18.8 Å². The summed E-state index contributed by atoms with van der Waals surface area (Å²) in [4.78, 5) is 24.2. The highest BCUT2D eigenvalue weighted by Gasteiger charge is 2.22. The number of sulfonamides is 1. The lowest BCUT2D eigenvalue weighted by Crippen LogP contribution is -2.33. The van der Waals surface area contributed by atoms with Crippen LogP contribution in [0.25, 0.3) is 0 Å². The lowest BCUT2D eigenvalue weighted by atomic mass is 10.1. The predicted octanol–water partition coefficient (Wildman–Crippen LogP) is 2.82. The van der Waals surface area contributed by atoms with Gasteiger partial charge in [-0.25, -0.2) is 13.2 Å². The molecule has 0 radical (unpaired) electrons. The summed E-state index contributed by atoms with van der Waals surface area (Å²) in [5.74, 6) is -1.09. The number of hydrogen-bond donors (Lipinski definition) is 1. The van der Waals surface area contributed by atoms with Crippen LogP contribution in [0.15, 0.2) is 53.4 Å². The van der Waals surface area contributed by atoms with Crippen LogP contribution >= 0.6 is 0 Å². The number of ether oxygens (including phenoxy) is 1. The molecule has 0 fully saturated rings. The molecule has 0 aliphatic carbocycles. The van der Waals surface area contributed by atoms with Crippen LogP contribution in [0.4, 0.5) is 5.69 Å². The van der Waals surface area contributed by atoms with Gasteiger partial charge >= 0.3 is 5.97 Å². The van der Waals surface area contributed by atoms with E-state index in [9.17, 15) is 18.0 Å². The molecule has 0 unspecified atom stereocenters. The highest BCUT2D eigenvalue weighted by atomic mass is 32.2. The van der Waals surface area contributed by atoms with Crippen LogP contribution in [-0.4, -0.2) is 44.3 Å². The van der Waals surface area contributed by atoms with Gasteiger partial charge in [-0.15, -0.1) is 0 Å². The fourth-order valence-corrected chi connectivity index (χ4v) is 3.73. The third-order valence-corrected chi connectivity index (χ3v) is 6.29. The number of nitrogens with one attached hydrogen (secondary N) is 1. The number of rotatable bonds is 7. The summed E-state index contributed by atoms with van der Waals surface area (Å²) < 4.78 is 31.2. The van der Waals surface area contributed by atoms with Crippen molar-refractivity contribution in [2.75, 3.05) is 19.0 Å². The van der Waals surface area contributed by atoms with Crippen molar-refractivity contribution in [1.82, 2.24) is 4.31 Å². The SMILES string of the molecule is Cc1ccccc1C(=O)OCC(=O)Nc1ccc(S(=O)(=O)N(C)C(C)C)cc1. The van der Waals surface area contributed by atoms with Gasteiger partial charge in [0.2, 0.25) is 10.0 Å². The van der Waals surface area contributed by atoms with E-state index in [2.05, 4.69) is 5.32 Å². The van der Waals surface area contributed by atoms with Crippen molar-refractivity contribution in [3.8, 4) is 0 Å². The number of carbonyl (C=O) groups excluding carboxylic acids is 2. The van der Waals surface area contributed by atoms with Crippen LogP contribution < -0.4 is 5.32 Å². The van der Waals surface area contributed by atoms with Crippen molar-refractivity contribution in [3.05, 3.63) is 59.7 Å². The number of anilines is 1. The Morgan fingerprint density at radius 3 is 2.25 bits per heavy atom. The Labute approximate surface area is 165 Å². The maximum Gasteiger partial charge on any atom is 0.338 e. The first-order valence-electron chi connectivity index (χ1n) is 8.73. The van der Waals surface area contributed by atoms with Gasteiger partial charge in [0.25, 0.3) is 5.91 Å². The maximum absolute atomic E-state index is 12.4. The number of aryl methyl sites for hydroxylation is 1. The number of amides is 1. The summed E-state index contributed by atoms with van der Waals surface area (Å²) in [6, 6.07) is 12.6. The first kappa shape index (κ1) is 21.6. The Hall–Kier alpha value is -2.71. The van der Waals surface area contributed by atoms with E-state index in [1.54, 1.807) is 39.0 Å². The zero-order valence-corrected chi connectivity index (χ0v) is 17.1. The molecular formula is C20H24N2O5S. The molecule has 0 saturated heterocycles. The third kappa shape index (κ3) is 5.17. The lowest BCUT2D eigenvalue weighted by Gasteiger charge is -2.21. The summed E-state index contributed by atoms with van der Waals surface area (Å²) in [5, 5.41) is 2.57. The summed E-state index contributed by atoms with van der Waals surface area (Å²) in [5.41, 5.74) is 1.57. The van der Waals surface area contributed by atoms with Gasteiger partial charge in [-0.1, -0.05) is 18.2 Å². The van der Waals surface area contributed by atoms with Crippen molar-refractivity contribution in [3.63, 3.8) is 0 Å². The second-order valence-electron chi connectivity index (χ2n) is 6.58. The van der Waals surface area contributed by atoms with Crippen molar-refractivity contribution in [2.24, 2.45) is 0 Å². The molecule has 2 aromatic rings. The van der Waals surface area contributed by atoms with E-state index in [0.717, 1.165) is 5.56 Å². The summed E-state index contributed by atoms with van der Waals surface area (Å²) in [6.07, 6.45) is 0. The molecule has 2 aromatic carbocycles. The number of esters is 1. The van der Waals surface area contributed by atoms with Gasteiger partial charge in [0.05, 0.1) is 10.5 Å². The van der Waals surface area contributed by atoms with E-state index < -0.39 is 28.5 Å². The average Bonchev–Trinajstić information content (AvgIpc) is 2.66. The molecule has 0 heterocycles. The maximum atomic E-state index is 12.4. The predicted molar refractivity (Wildman–Crippen MR) is 107 cm³/mol. The minimum atomic E-state index is -3.59. The Morgan fingerprint density at radius 2 is 1.68 bits per heavy atom. The molecule has 0 saturated carbocycles. The zero-order chi connectivity index (χ0) is 20.9. The average molecular weight is 404 g/mol. The fraction of sp³-hybridized carbons (Fsp3) is 0.300. The largest absolute Gasteiger partial charge is 0.452 e. The monoisotopic (exact) mass is 404 g/mol. The van der Waals surface area contributed by atoms with E-state index in [1.165, 1.54) is 35.6 Å². The van der Waals surface area contributed by atoms with E-state index in [4.69, 9.17) is 4.74 Å². The van der Waals surface area contributed by atoms with Crippen LogP contribution in [0, 0.1) is 6.92 Å². The molecule has 150 valence electrons. The van der Waals surface area contributed by atoms with Crippen molar-refractivity contribution < 1.29 is 22.7 Å². The van der Waals surface area contributed by atoms with Gasteiger partial charge in [0.1, 0.15) is 0 Å². The van der Waals surface area contributed by atoms with Gasteiger partial charge < -0.3 is 10.1 Å². The van der Waals surface area contributed by atoms with Crippen LogP contribution in [0.1, 0.15) is 29.8 Å². The molecule has 0 aliphatic heterocycles. The number of hydrogen-bond acceptors (Lipinski definition) is 5. The topological polar surface area (TPSA) is 92.8 Å². The molecular weight excluding hydrogens is 380 g/mol. The minimum Gasteiger partial charge on any atom is -0.452 e. The second-order valence-corrected chi connectivity index (χ2v) is 8.58. The van der Waals surface area contributed by atoms with Gasteiger partial charge in [-0.05, 0) is 56.7 Å². The Kier molecular flexibility index (Phi) is 6.93. The second kappa shape index (κ2) is 8.99. The molecule has 0 bridgehead atoms. The molecule has 8 heteroatoms. The minimum absolute atomic E-state index is 0.132. The highest BCUT2D eigenvalue weighted by molar-refractivity contribution is 7.89. The summed E-state index contributed by atoms with van der Waals surface area (Å²) >= 11 is 0. The van der Waals surface area contributed by atoms with E-state index in [-0.39, 0.29) is 10.9 Å². The molecule has 0 aromatic heterocycles. The Morgan fingerprint density at radius 1 is 1.07 bits per heavy atom. The summed E-state index contributed by atoms with van der Waals surface area (Å²) in [7, 11) is -2.08. The first-order chi connectivity index (χ1) is 13.1. The zero-order valence-electron chi connectivity index (χ0n) is 16.3. The van der Waals surface area contributed by atoms with Crippen molar-refractivity contribution in [2.45, 2.75) is 31.7 Å². The number of nitrogens with zero attached hydrogens (tertiary/aromatic N) is 1. The lowest BCUT2D eigenvalue weighted by molar-refractivity contribution is -0.119. The molecule has 2 rings (SSSR count). The quantitative estimate of drug-likeness (QED) is 0.717. The normalized spacial score (nSPS) is 11.5. The molecule has 7 nitrogen and oxygen atoms in total. The Balaban J connectivity index is 1.96. The number of carbonyl (C=O) groups is 2. The molecule has 28 heavy (non-hydrogen) atoms. The van der Waals surface area contributed by atoms with Gasteiger partial charge in [-0.2, -0.15) is 4.31 Å². The van der Waals surface area contributed by atoms with E-state index >= 15 is 0 Å². The van der Waals surface area contributed by atoms with E-state index in [1.807, 2.05) is 6.07 Å². The smallest absolute Gasteiger partial charge is 0.338 e. The summed E-state index contributed by atoms with van der Waals surface area (Å²) in [6.45, 7) is 4.90. The standard InChI is InChI=1S/C20H24N2O5S/c1-14(2)22(4)28(25,26)17-11-9-16(10-12-17)21-19(23)13-27-20(24)18-8-6-5-7-15(18)3/h5-12,14H,13H2,1-4H3,(H,21,23). The van der Waals surface area contributed by atoms with Crippen LogP contribution in [0.5, 0.6) is 0 Å². The van der Waals surface area contributed by atoms with Crippen LogP contribution in [0.2, 0.25) is 0 Å². The van der Waals surface area contributed by atoms with Crippen LogP contribution in [0.3, 0.4) is 0 Å². The first-order valence-corrected chi connectivity index (χ1v) is 10.2. The molecule has 0 spiro atoms. The molecule has 0 aliphatic rings. The third-order valence-electron chi connectivity index (χ3n) is 4.24. The molecule has 0 atom stereocenters. The Bertz CT molecular complexity index is 953. The fourth-order valence-electron chi connectivity index (χ4n) is 2.36. The van der Waals surface area contributed by atoms with Crippen molar-refractivity contribution >= 4 is 27.6 Å². The van der Waals surface area contributed by atoms with Gasteiger partial charge in [0.15, 0.2) is 6.61 Å². The van der Waals surface area contributed by atoms with E-state index in [0.29, 0.717) is 11.3 Å². The van der Waals surface area contributed by atoms with Gasteiger partial charge in [-0.3, -0.25) is 4.79 Å². The highest BCUT2D eigenvalue weighted by Crippen LogP contribution is 2.19. The van der Waals surface area contributed by atoms with Crippen LogP contribution in [-0.2, 0) is 19.6 Å². The van der Waals surface area contributed by atoms with Crippen molar-refractivity contribution in [1.29, 1.82) is 0 Å². The number of benzene rings is 2.